The zero-order valence-corrected chi connectivity index (χ0v) is 22.1. The average Bonchev–Trinajstić information content (AvgIpc) is 3.61. The Morgan fingerprint density at radius 2 is 2.00 bits per heavy atom. The first kappa shape index (κ1) is 25.1. The number of ether oxygens (including phenoxy) is 5. The predicted octanol–water partition coefficient (Wildman–Crippen LogP) is 1.88. The lowest BCUT2D eigenvalue weighted by atomic mass is 9.44. The van der Waals surface area contributed by atoms with E-state index >= 15 is 0 Å². The zero-order valence-electron chi connectivity index (χ0n) is 22.1. The molecule has 3 saturated carbocycles. The van der Waals surface area contributed by atoms with Crippen molar-refractivity contribution in [2.75, 3.05) is 6.61 Å². The summed E-state index contributed by atoms with van der Waals surface area (Å²) in [6.07, 6.45) is 0.874. The molecule has 2 N–H and O–H groups in total. The minimum atomic E-state index is -1.77. The van der Waals surface area contributed by atoms with Crippen molar-refractivity contribution in [1.29, 1.82) is 0 Å². The van der Waals surface area contributed by atoms with Crippen molar-refractivity contribution in [1.82, 2.24) is 0 Å². The Morgan fingerprint density at radius 3 is 2.66 bits per heavy atom. The number of aliphatic hydroxyl groups is 1. The lowest BCUT2D eigenvalue weighted by molar-refractivity contribution is -0.445. The van der Waals surface area contributed by atoms with E-state index in [-0.39, 0.29) is 42.1 Å². The third-order valence-corrected chi connectivity index (χ3v) is 11.2. The Morgan fingerprint density at radius 1 is 1.24 bits per heavy atom. The second kappa shape index (κ2) is 7.87. The Hall–Kier alpha value is -1.85. The molecule has 0 spiro atoms. The SMILES string of the molecule is CC(=O)OC1C2OC3(OC[C@H]4C5C6C=C(C(C)C)[C@]5(C(=O)O)[C@](C=O)(C6)[C@@H]5CC[C@@H](C)[C@H]54)OC2OC1C3O. The molecule has 38 heavy (non-hydrogen) atoms. The van der Waals surface area contributed by atoms with E-state index in [0.717, 1.165) is 24.7 Å². The summed E-state index contributed by atoms with van der Waals surface area (Å²) in [4.78, 5) is 38.0. The summed E-state index contributed by atoms with van der Waals surface area (Å²) >= 11 is 0. The summed E-state index contributed by atoms with van der Waals surface area (Å²) < 4.78 is 29.4. The highest BCUT2D eigenvalue weighted by Crippen LogP contribution is 2.79. The van der Waals surface area contributed by atoms with Gasteiger partial charge >= 0.3 is 17.9 Å². The van der Waals surface area contributed by atoms with Crippen molar-refractivity contribution in [3.05, 3.63) is 11.6 Å². The largest absolute Gasteiger partial charge is 0.481 e. The van der Waals surface area contributed by atoms with E-state index in [1.807, 2.05) is 13.8 Å². The molecular weight excluding hydrogens is 496 g/mol. The molecule has 10 nitrogen and oxygen atoms in total. The van der Waals surface area contributed by atoms with Crippen LogP contribution in [0.15, 0.2) is 11.6 Å². The van der Waals surface area contributed by atoms with E-state index < -0.39 is 59.4 Å². The van der Waals surface area contributed by atoms with E-state index in [1.165, 1.54) is 6.92 Å². The van der Waals surface area contributed by atoms with Crippen LogP contribution in [-0.4, -0.2) is 71.7 Å². The van der Waals surface area contributed by atoms with Gasteiger partial charge in [0.2, 0.25) is 0 Å². The van der Waals surface area contributed by atoms with Gasteiger partial charge in [0.15, 0.2) is 24.6 Å². The van der Waals surface area contributed by atoms with Crippen LogP contribution in [0.4, 0.5) is 0 Å². The second-order valence-corrected chi connectivity index (χ2v) is 12.9. The molecule has 0 amide bonds. The molecule has 0 radical (unpaired) electrons. The minimum Gasteiger partial charge on any atom is -0.481 e. The Bertz CT molecular complexity index is 1120. The molecule has 10 heteroatoms. The lowest BCUT2D eigenvalue weighted by Gasteiger charge is -2.57. The molecule has 7 fully saturated rings. The van der Waals surface area contributed by atoms with Gasteiger partial charge < -0.3 is 34.0 Å². The highest BCUT2D eigenvalue weighted by molar-refractivity contribution is 5.89. The Kier molecular flexibility index (Phi) is 5.21. The monoisotopic (exact) mass is 532 g/mol. The Balaban J connectivity index is 1.24. The molecule has 8 rings (SSSR count). The van der Waals surface area contributed by atoms with Gasteiger partial charge in [0.1, 0.15) is 17.8 Å². The third-order valence-electron chi connectivity index (χ3n) is 11.2. The zero-order chi connectivity index (χ0) is 26.9. The second-order valence-electron chi connectivity index (χ2n) is 12.9. The minimum absolute atomic E-state index is 0.00124. The maximum atomic E-state index is 13.4. The summed E-state index contributed by atoms with van der Waals surface area (Å²) in [5.41, 5.74) is -1.32. The van der Waals surface area contributed by atoms with Gasteiger partial charge in [-0.1, -0.05) is 38.8 Å². The fourth-order valence-electron chi connectivity index (χ4n) is 10.3. The van der Waals surface area contributed by atoms with Gasteiger partial charge in [-0.2, -0.15) is 0 Å². The number of aldehydes is 1. The van der Waals surface area contributed by atoms with Crippen LogP contribution < -0.4 is 0 Å². The summed E-state index contributed by atoms with van der Waals surface area (Å²) in [6, 6.07) is 0. The van der Waals surface area contributed by atoms with Crippen LogP contribution in [-0.2, 0) is 38.1 Å². The number of aliphatic carboxylic acids is 1. The molecule has 0 aromatic heterocycles. The molecule has 4 aliphatic carbocycles. The third kappa shape index (κ3) is 2.69. The number of allylic oxidation sites excluding steroid dienone is 1. The number of carboxylic acids is 1. The van der Waals surface area contributed by atoms with Crippen molar-refractivity contribution in [3.8, 4) is 0 Å². The van der Waals surface area contributed by atoms with E-state index in [1.54, 1.807) is 0 Å². The highest BCUT2D eigenvalue weighted by atomic mass is 17.0. The Labute approximate surface area is 221 Å². The van der Waals surface area contributed by atoms with E-state index in [2.05, 4.69) is 13.0 Å². The van der Waals surface area contributed by atoms with Crippen LogP contribution in [0.5, 0.6) is 0 Å². The number of hydrogen-bond donors (Lipinski definition) is 2. The summed E-state index contributed by atoms with van der Waals surface area (Å²) in [5.74, 6) is -3.33. The van der Waals surface area contributed by atoms with Crippen LogP contribution in [0.3, 0.4) is 0 Å². The van der Waals surface area contributed by atoms with Gasteiger partial charge in [0.25, 0.3) is 0 Å². The van der Waals surface area contributed by atoms with E-state index in [0.29, 0.717) is 12.3 Å². The molecule has 4 saturated heterocycles. The van der Waals surface area contributed by atoms with Crippen LogP contribution in [0.25, 0.3) is 0 Å². The van der Waals surface area contributed by atoms with Gasteiger partial charge in [-0.25, -0.2) is 0 Å². The van der Waals surface area contributed by atoms with Crippen LogP contribution in [0.2, 0.25) is 0 Å². The van der Waals surface area contributed by atoms with Crippen molar-refractivity contribution in [2.45, 2.75) is 83.6 Å². The standard InChI is InChI=1S/C28H36O10/c1-11(2)17-7-14-8-26(10-29)16-6-5-12(3)18(16)15(19(14)27(17,26)25(32)33)9-34-28-23(31)21-20(35-13(4)30)22(37-28)24(36-21)38-28/h7,10-12,14-16,18-24,31H,5-6,8-9H2,1-4H3,(H,32,33)/t12-,14?,15-,16-,18+,19?,20?,21?,22?,23?,24?,26+,27+,28?/m1/s1. The number of hydrogen-bond acceptors (Lipinski definition) is 9. The maximum Gasteiger partial charge on any atom is 0.316 e. The first-order valence-corrected chi connectivity index (χ1v) is 13.9. The van der Waals surface area contributed by atoms with Gasteiger partial charge in [-0.05, 0) is 54.3 Å². The number of carbonyl (C=O) groups excluding carboxylic acids is 2. The maximum absolute atomic E-state index is 13.4. The number of esters is 1. The van der Waals surface area contributed by atoms with Crippen molar-refractivity contribution in [2.24, 2.45) is 52.3 Å². The quantitative estimate of drug-likeness (QED) is 0.284. The van der Waals surface area contributed by atoms with Crippen LogP contribution >= 0.6 is 0 Å². The number of rotatable bonds is 7. The van der Waals surface area contributed by atoms with Crippen molar-refractivity contribution >= 4 is 18.2 Å². The fraction of sp³-hybridized carbons (Fsp3) is 0.821. The number of aliphatic hydroxyl groups excluding tert-OH is 1. The molecule has 4 aliphatic heterocycles. The molecule has 8 aliphatic rings. The molecule has 208 valence electrons. The first-order chi connectivity index (χ1) is 18.0. The molecule has 14 atom stereocenters. The molecule has 0 aromatic carbocycles. The summed E-state index contributed by atoms with van der Waals surface area (Å²) in [5, 5.41) is 22.1. The van der Waals surface area contributed by atoms with E-state index in [4.69, 9.17) is 23.7 Å². The normalized spacial score (nSPS) is 54.9. The smallest absolute Gasteiger partial charge is 0.316 e. The molecule has 8 unspecified atom stereocenters. The fourth-order valence-corrected chi connectivity index (χ4v) is 10.3. The number of fused-ring (bicyclic) bond motifs is 2. The topological polar surface area (TPSA) is 138 Å². The number of carbonyl (C=O) groups is 3. The summed E-state index contributed by atoms with van der Waals surface area (Å²) in [6.45, 7) is 7.61. The molecular formula is C28H36O10. The highest BCUT2D eigenvalue weighted by Gasteiger charge is 2.81. The lowest BCUT2D eigenvalue weighted by Crippen LogP contribution is -2.64. The van der Waals surface area contributed by atoms with Crippen LogP contribution in [0.1, 0.15) is 47.0 Å². The van der Waals surface area contributed by atoms with Crippen LogP contribution in [0, 0.1) is 52.3 Å². The molecule has 8 bridgehead atoms. The van der Waals surface area contributed by atoms with E-state index in [9.17, 15) is 24.6 Å². The van der Waals surface area contributed by atoms with Gasteiger partial charge in [-0.3, -0.25) is 14.3 Å². The summed E-state index contributed by atoms with van der Waals surface area (Å²) in [7, 11) is 0. The van der Waals surface area contributed by atoms with Crippen molar-refractivity contribution < 1.29 is 48.3 Å². The molecule has 4 heterocycles. The number of carboxylic acid groups (broad SMARTS) is 1. The molecule has 0 aromatic rings. The van der Waals surface area contributed by atoms with Gasteiger partial charge in [0.05, 0.1) is 6.61 Å². The van der Waals surface area contributed by atoms with Gasteiger partial charge in [-0.15, -0.1) is 0 Å². The first-order valence-electron chi connectivity index (χ1n) is 13.9. The van der Waals surface area contributed by atoms with Gasteiger partial charge in [0, 0.05) is 12.3 Å². The predicted molar refractivity (Wildman–Crippen MR) is 127 cm³/mol. The average molecular weight is 533 g/mol. The van der Waals surface area contributed by atoms with Crippen molar-refractivity contribution in [3.63, 3.8) is 0 Å².